The summed E-state index contributed by atoms with van der Waals surface area (Å²) in [5.41, 5.74) is 0. The first-order chi connectivity index (χ1) is 7.25. The highest BCUT2D eigenvalue weighted by Crippen LogP contribution is 2.12. The molecular weight excluding hydrogens is 196 g/mol. The Hall–Kier alpha value is -1.10. The van der Waals surface area contributed by atoms with Crippen LogP contribution in [-0.4, -0.2) is 38.1 Å². The molecule has 2 aliphatic heterocycles. The van der Waals surface area contributed by atoms with Gasteiger partial charge >= 0.3 is 0 Å². The average molecular weight is 212 g/mol. The largest absolute Gasteiger partial charge is 0.381 e. The molecule has 2 saturated heterocycles. The Labute approximate surface area is 88.5 Å². The minimum absolute atomic E-state index is 0.0137. The van der Waals surface area contributed by atoms with Crippen LogP contribution in [0.25, 0.3) is 0 Å². The number of rotatable bonds is 3. The van der Waals surface area contributed by atoms with E-state index in [1.807, 2.05) is 0 Å². The van der Waals surface area contributed by atoms with Gasteiger partial charge in [-0.3, -0.25) is 9.59 Å². The molecule has 0 aromatic rings. The summed E-state index contributed by atoms with van der Waals surface area (Å²) in [4.78, 5) is 22.5. The van der Waals surface area contributed by atoms with Gasteiger partial charge in [0.05, 0.1) is 12.5 Å². The summed E-state index contributed by atoms with van der Waals surface area (Å²) < 4.78 is 5.21. The van der Waals surface area contributed by atoms with E-state index in [0.29, 0.717) is 25.4 Å². The van der Waals surface area contributed by atoms with E-state index in [-0.39, 0.29) is 17.7 Å². The maximum absolute atomic E-state index is 11.6. The topological polar surface area (TPSA) is 67.4 Å². The lowest BCUT2D eigenvalue weighted by molar-refractivity contribution is -0.126. The zero-order chi connectivity index (χ0) is 10.7. The number of hydrogen-bond acceptors (Lipinski definition) is 3. The van der Waals surface area contributed by atoms with Crippen LogP contribution in [-0.2, 0) is 14.3 Å². The third kappa shape index (κ3) is 2.68. The molecule has 0 aromatic carbocycles. The third-order valence-corrected chi connectivity index (χ3v) is 2.94. The smallest absolute Gasteiger partial charge is 0.225 e. The van der Waals surface area contributed by atoms with Gasteiger partial charge in [0, 0.05) is 32.0 Å². The Morgan fingerprint density at radius 2 is 2.47 bits per heavy atom. The fourth-order valence-corrected chi connectivity index (χ4v) is 1.92. The predicted molar refractivity (Wildman–Crippen MR) is 53.1 cm³/mol. The highest BCUT2D eigenvalue weighted by molar-refractivity contribution is 5.89. The third-order valence-electron chi connectivity index (χ3n) is 2.94. The van der Waals surface area contributed by atoms with E-state index >= 15 is 0 Å². The Morgan fingerprint density at radius 1 is 1.60 bits per heavy atom. The summed E-state index contributed by atoms with van der Waals surface area (Å²) >= 11 is 0. The molecule has 0 saturated carbocycles. The molecule has 0 aliphatic carbocycles. The lowest BCUT2D eigenvalue weighted by Crippen LogP contribution is -2.35. The van der Waals surface area contributed by atoms with E-state index in [1.165, 1.54) is 0 Å². The number of ether oxygens (including phenoxy) is 1. The summed E-state index contributed by atoms with van der Waals surface area (Å²) in [6.07, 6.45) is 1.34. The van der Waals surface area contributed by atoms with Crippen molar-refractivity contribution in [1.82, 2.24) is 10.6 Å². The molecule has 2 unspecified atom stereocenters. The van der Waals surface area contributed by atoms with Crippen molar-refractivity contribution in [2.75, 3.05) is 26.3 Å². The van der Waals surface area contributed by atoms with Gasteiger partial charge in [-0.25, -0.2) is 0 Å². The van der Waals surface area contributed by atoms with Crippen molar-refractivity contribution in [2.24, 2.45) is 11.8 Å². The monoisotopic (exact) mass is 212 g/mol. The number of carbonyl (C=O) groups is 2. The summed E-state index contributed by atoms with van der Waals surface area (Å²) in [5, 5.41) is 5.53. The fraction of sp³-hybridized carbons (Fsp3) is 0.800. The molecule has 2 amide bonds. The zero-order valence-electron chi connectivity index (χ0n) is 8.62. The van der Waals surface area contributed by atoms with Gasteiger partial charge in [-0.05, 0) is 6.42 Å². The molecule has 2 heterocycles. The standard InChI is InChI=1S/C10H16N2O3/c13-9-3-8(5-11-9)10(14)12-4-7-1-2-15-6-7/h7-8H,1-6H2,(H,11,13)(H,12,14). The van der Waals surface area contributed by atoms with E-state index in [2.05, 4.69) is 10.6 Å². The first kappa shape index (κ1) is 10.4. The van der Waals surface area contributed by atoms with Gasteiger partial charge < -0.3 is 15.4 Å². The van der Waals surface area contributed by atoms with E-state index in [4.69, 9.17) is 4.74 Å². The van der Waals surface area contributed by atoms with Crippen LogP contribution in [0.1, 0.15) is 12.8 Å². The average Bonchev–Trinajstić information content (AvgIpc) is 2.84. The Bertz CT molecular complexity index is 261. The van der Waals surface area contributed by atoms with Crippen molar-refractivity contribution < 1.29 is 14.3 Å². The van der Waals surface area contributed by atoms with Crippen LogP contribution < -0.4 is 10.6 Å². The second-order valence-corrected chi connectivity index (χ2v) is 4.18. The highest BCUT2D eigenvalue weighted by atomic mass is 16.5. The van der Waals surface area contributed by atoms with Crippen molar-refractivity contribution in [3.8, 4) is 0 Å². The summed E-state index contributed by atoms with van der Waals surface area (Å²) in [7, 11) is 0. The van der Waals surface area contributed by atoms with Crippen LogP contribution in [0.15, 0.2) is 0 Å². The molecule has 0 radical (unpaired) electrons. The molecule has 2 fully saturated rings. The zero-order valence-corrected chi connectivity index (χ0v) is 8.62. The highest BCUT2D eigenvalue weighted by Gasteiger charge is 2.28. The normalized spacial score (nSPS) is 30.3. The van der Waals surface area contributed by atoms with Gasteiger partial charge in [-0.1, -0.05) is 0 Å². The van der Waals surface area contributed by atoms with E-state index < -0.39 is 0 Å². The van der Waals surface area contributed by atoms with Crippen molar-refractivity contribution in [3.05, 3.63) is 0 Å². The molecule has 15 heavy (non-hydrogen) atoms. The van der Waals surface area contributed by atoms with Crippen LogP contribution in [0.4, 0.5) is 0 Å². The molecule has 2 aliphatic rings. The maximum atomic E-state index is 11.6. The van der Waals surface area contributed by atoms with Gasteiger partial charge in [0.2, 0.25) is 11.8 Å². The molecular formula is C10H16N2O3. The minimum Gasteiger partial charge on any atom is -0.381 e. The van der Waals surface area contributed by atoms with Crippen molar-refractivity contribution in [2.45, 2.75) is 12.8 Å². The molecule has 2 atom stereocenters. The van der Waals surface area contributed by atoms with Gasteiger partial charge in [-0.2, -0.15) is 0 Å². The van der Waals surface area contributed by atoms with Crippen LogP contribution in [0, 0.1) is 11.8 Å². The molecule has 2 rings (SSSR count). The number of amides is 2. The van der Waals surface area contributed by atoms with E-state index in [9.17, 15) is 9.59 Å². The van der Waals surface area contributed by atoms with Crippen molar-refractivity contribution in [1.29, 1.82) is 0 Å². The van der Waals surface area contributed by atoms with Crippen LogP contribution in [0.3, 0.4) is 0 Å². The van der Waals surface area contributed by atoms with E-state index in [0.717, 1.165) is 19.6 Å². The van der Waals surface area contributed by atoms with Crippen LogP contribution in [0.2, 0.25) is 0 Å². The summed E-state index contributed by atoms with van der Waals surface area (Å²) in [5.74, 6) is 0.221. The Balaban J connectivity index is 1.70. The molecule has 5 heteroatoms. The minimum atomic E-state index is -0.181. The van der Waals surface area contributed by atoms with Gasteiger partial charge in [0.25, 0.3) is 0 Å². The number of nitrogens with one attached hydrogen (secondary N) is 2. The summed E-state index contributed by atoms with van der Waals surface area (Å²) in [6, 6.07) is 0. The molecule has 0 bridgehead atoms. The van der Waals surface area contributed by atoms with Crippen LogP contribution >= 0.6 is 0 Å². The van der Waals surface area contributed by atoms with Crippen molar-refractivity contribution in [3.63, 3.8) is 0 Å². The molecule has 0 aromatic heterocycles. The fourth-order valence-electron chi connectivity index (χ4n) is 1.92. The first-order valence-electron chi connectivity index (χ1n) is 5.38. The quantitative estimate of drug-likeness (QED) is 0.648. The summed E-state index contributed by atoms with van der Waals surface area (Å²) in [6.45, 7) is 2.68. The van der Waals surface area contributed by atoms with Gasteiger partial charge in [-0.15, -0.1) is 0 Å². The molecule has 2 N–H and O–H groups in total. The second kappa shape index (κ2) is 4.61. The lowest BCUT2D eigenvalue weighted by Gasteiger charge is -2.12. The molecule has 84 valence electrons. The number of carbonyl (C=O) groups excluding carboxylic acids is 2. The Kier molecular flexibility index (Phi) is 3.20. The molecule has 0 spiro atoms. The van der Waals surface area contributed by atoms with Crippen LogP contribution in [0.5, 0.6) is 0 Å². The molecule has 5 nitrogen and oxygen atoms in total. The van der Waals surface area contributed by atoms with Crippen molar-refractivity contribution >= 4 is 11.8 Å². The maximum Gasteiger partial charge on any atom is 0.225 e. The first-order valence-corrected chi connectivity index (χ1v) is 5.38. The van der Waals surface area contributed by atoms with Gasteiger partial charge in [0.15, 0.2) is 0 Å². The lowest BCUT2D eigenvalue weighted by atomic mass is 10.1. The second-order valence-electron chi connectivity index (χ2n) is 4.18. The van der Waals surface area contributed by atoms with Gasteiger partial charge in [0.1, 0.15) is 0 Å². The number of hydrogen-bond donors (Lipinski definition) is 2. The SMILES string of the molecule is O=C1CC(C(=O)NCC2CCOC2)CN1. The Morgan fingerprint density at radius 3 is 3.07 bits per heavy atom. The predicted octanol–water partition coefficient (Wildman–Crippen LogP) is -0.725. The van der Waals surface area contributed by atoms with E-state index in [1.54, 1.807) is 0 Å².